The number of rotatable bonds is 5. The predicted molar refractivity (Wildman–Crippen MR) is 124 cm³/mol. The fourth-order valence-electron chi connectivity index (χ4n) is 3.34. The van der Waals surface area contributed by atoms with Crippen molar-refractivity contribution in [3.63, 3.8) is 0 Å². The summed E-state index contributed by atoms with van der Waals surface area (Å²) < 4.78 is 0. The molecule has 0 bridgehead atoms. The van der Waals surface area contributed by atoms with Crippen LogP contribution in [0.25, 0.3) is 0 Å². The number of nitrogens with zero attached hydrogens (tertiary/aromatic N) is 3. The van der Waals surface area contributed by atoms with Crippen LogP contribution in [0.5, 0.6) is 0 Å². The first-order valence-electron chi connectivity index (χ1n) is 9.54. The number of carbonyl (C=O) groups excluding carboxylic acids is 1. The van der Waals surface area contributed by atoms with Gasteiger partial charge in [-0.05, 0) is 45.4 Å². The second-order valence-electron chi connectivity index (χ2n) is 8.10. The van der Waals surface area contributed by atoms with Gasteiger partial charge in [-0.2, -0.15) is 0 Å². The van der Waals surface area contributed by atoms with Crippen molar-refractivity contribution >= 4 is 35.8 Å². The zero-order valence-corrected chi connectivity index (χ0v) is 20.1. The minimum Gasteiger partial charge on any atom is -0.352 e. The molecule has 1 fully saturated rings. The van der Waals surface area contributed by atoms with E-state index in [1.165, 1.54) is 0 Å². The highest BCUT2D eigenvalue weighted by atomic mass is 127. The maximum atomic E-state index is 12.4. The zero-order valence-electron chi connectivity index (χ0n) is 17.8. The molecule has 0 unspecified atom stereocenters. The third-order valence-corrected chi connectivity index (χ3v) is 6.05. The Morgan fingerprint density at radius 1 is 1.15 bits per heavy atom. The van der Waals surface area contributed by atoms with Crippen LogP contribution >= 0.6 is 24.0 Å². The van der Waals surface area contributed by atoms with Crippen LogP contribution in [0, 0.1) is 5.41 Å². The number of carbonyl (C=O) groups is 1. The van der Waals surface area contributed by atoms with E-state index >= 15 is 0 Å². The molecule has 6 heteroatoms. The molecule has 0 aromatic heterocycles. The molecule has 0 saturated carbocycles. The lowest BCUT2D eigenvalue weighted by molar-refractivity contribution is -0.0667. The third kappa shape index (κ3) is 4.76. The van der Waals surface area contributed by atoms with E-state index < -0.39 is 0 Å². The molecule has 1 aliphatic rings. The van der Waals surface area contributed by atoms with Gasteiger partial charge in [0.1, 0.15) is 0 Å². The fraction of sp³-hybridized carbons (Fsp3) is 0.619. The van der Waals surface area contributed by atoms with E-state index in [-0.39, 0.29) is 40.8 Å². The molecule has 0 radical (unpaired) electrons. The van der Waals surface area contributed by atoms with Crippen LogP contribution in [0.1, 0.15) is 57.5 Å². The summed E-state index contributed by atoms with van der Waals surface area (Å²) >= 11 is 0. The van der Waals surface area contributed by atoms with Gasteiger partial charge in [0.25, 0.3) is 5.91 Å². The fourth-order valence-corrected chi connectivity index (χ4v) is 3.34. The van der Waals surface area contributed by atoms with Crippen molar-refractivity contribution in [2.75, 3.05) is 26.7 Å². The standard InChI is InChI=1S/C21H34N4O.HI/c1-8-24(9-2)18(26)17-12-10-16(11-13-17)14-23-19(22-7)25-15-20(3,4)21(25,5)6;/h10-13H,8-9,14-15H2,1-7H3,(H,22,23);1H. The van der Waals surface area contributed by atoms with E-state index in [4.69, 9.17) is 0 Å². The Kier molecular flexibility index (Phi) is 8.14. The smallest absolute Gasteiger partial charge is 0.253 e. The second kappa shape index (κ2) is 9.26. The van der Waals surface area contributed by atoms with E-state index in [0.29, 0.717) is 6.54 Å². The molecule has 2 rings (SSSR count). The zero-order chi connectivity index (χ0) is 19.5. The first-order valence-corrected chi connectivity index (χ1v) is 9.54. The van der Waals surface area contributed by atoms with Crippen LogP contribution in [0.4, 0.5) is 0 Å². The lowest BCUT2D eigenvalue weighted by Gasteiger charge is -2.62. The van der Waals surface area contributed by atoms with Gasteiger partial charge < -0.3 is 15.1 Å². The van der Waals surface area contributed by atoms with Gasteiger partial charge in [-0.1, -0.05) is 26.0 Å². The van der Waals surface area contributed by atoms with Crippen molar-refractivity contribution < 1.29 is 4.79 Å². The monoisotopic (exact) mass is 486 g/mol. The minimum atomic E-state index is 0. The number of hydrogen-bond donors (Lipinski definition) is 1. The van der Waals surface area contributed by atoms with Crippen LogP contribution < -0.4 is 5.32 Å². The van der Waals surface area contributed by atoms with Crippen molar-refractivity contribution in [3.05, 3.63) is 35.4 Å². The van der Waals surface area contributed by atoms with Gasteiger partial charge in [-0.3, -0.25) is 9.79 Å². The summed E-state index contributed by atoms with van der Waals surface area (Å²) in [7, 11) is 1.83. The number of guanidine groups is 1. The summed E-state index contributed by atoms with van der Waals surface area (Å²) in [4.78, 5) is 21.0. The largest absolute Gasteiger partial charge is 0.352 e. The molecule has 1 amide bonds. The van der Waals surface area contributed by atoms with E-state index in [9.17, 15) is 4.79 Å². The molecule has 1 heterocycles. The number of nitrogens with one attached hydrogen (secondary N) is 1. The van der Waals surface area contributed by atoms with Crippen molar-refractivity contribution in [1.29, 1.82) is 0 Å². The lowest BCUT2D eigenvalue weighted by Crippen LogP contribution is -2.72. The Hall–Kier alpha value is -1.31. The van der Waals surface area contributed by atoms with Crippen LogP contribution in [0.15, 0.2) is 29.3 Å². The Bertz CT molecular complexity index is 663. The van der Waals surface area contributed by atoms with Crippen molar-refractivity contribution in [2.24, 2.45) is 10.4 Å². The molecule has 0 atom stereocenters. The van der Waals surface area contributed by atoms with Gasteiger partial charge >= 0.3 is 0 Å². The highest BCUT2D eigenvalue weighted by Gasteiger charge is 2.53. The van der Waals surface area contributed by atoms with Crippen molar-refractivity contribution in [3.8, 4) is 0 Å². The van der Waals surface area contributed by atoms with Crippen LogP contribution in [-0.4, -0.2) is 53.9 Å². The maximum Gasteiger partial charge on any atom is 0.253 e. The summed E-state index contributed by atoms with van der Waals surface area (Å²) in [6, 6.07) is 7.86. The lowest BCUT2D eigenvalue weighted by atomic mass is 9.65. The summed E-state index contributed by atoms with van der Waals surface area (Å²) in [5.41, 5.74) is 2.23. The van der Waals surface area contributed by atoms with Gasteiger partial charge in [0.05, 0.1) is 0 Å². The molecule has 27 heavy (non-hydrogen) atoms. The first kappa shape index (κ1) is 23.7. The Labute approximate surface area is 181 Å². The quantitative estimate of drug-likeness (QED) is 0.389. The number of likely N-dealkylation sites (tertiary alicyclic amines) is 1. The van der Waals surface area contributed by atoms with Crippen LogP contribution in [0.2, 0.25) is 0 Å². The maximum absolute atomic E-state index is 12.4. The SMILES string of the molecule is CCN(CC)C(=O)c1ccc(CNC(=NC)N2CC(C)(C)C2(C)C)cc1.I. The molecule has 1 aromatic carbocycles. The van der Waals surface area contributed by atoms with E-state index in [1.54, 1.807) is 0 Å². The number of benzene rings is 1. The van der Waals surface area contributed by atoms with Crippen molar-refractivity contribution in [2.45, 2.75) is 53.6 Å². The van der Waals surface area contributed by atoms with Gasteiger partial charge in [-0.25, -0.2) is 0 Å². The highest BCUT2D eigenvalue weighted by Crippen LogP contribution is 2.46. The Balaban J connectivity index is 0.00000364. The molecule has 1 aliphatic heterocycles. The molecule has 1 saturated heterocycles. The summed E-state index contributed by atoms with van der Waals surface area (Å²) in [6.07, 6.45) is 0. The molecule has 152 valence electrons. The summed E-state index contributed by atoms with van der Waals surface area (Å²) in [5.74, 6) is 1.02. The average Bonchev–Trinajstić information content (AvgIpc) is 2.62. The second-order valence-corrected chi connectivity index (χ2v) is 8.10. The Morgan fingerprint density at radius 3 is 2.11 bits per heavy atom. The number of hydrogen-bond acceptors (Lipinski definition) is 2. The number of aliphatic imine (C=N–C) groups is 1. The molecule has 0 aliphatic carbocycles. The van der Waals surface area contributed by atoms with E-state index in [1.807, 2.05) is 50.1 Å². The number of amides is 1. The number of halogens is 1. The molecule has 5 nitrogen and oxygen atoms in total. The molecule has 1 N–H and O–H groups in total. The van der Waals surface area contributed by atoms with E-state index in [0.717, 1.165) is 36.7 Å². The summed E-state index contributed by atoms with van der Waals surface area (Å²) in [6.45, 7) is 16.3. The molecular weight excluding hydrogens is 451 g/mol. The third-order valence-electron chi connectivity index (χ3n) is 6.05. The van der Waals surface area contributed by atoms with Gasteiger partial charge in [0, 0.05) is 49.7 Å². The van der Waals surface area contributed by atoms with Crippen LogP contribution in [-0.2, 0) is 6.54 Å². The molecule has 0 spiro atoms. The molecular formula is C21H35IN4O. The highest BCUT2D eigenvalue weighted by molar-refractivity contribution is 14.0. The first-order chi connectivity index (χ1) is 12.2. The van der Waals surface area contributed by atoms with Crippen LogP contribution in [0.3, 0.4) is 0 Å². The Morgan fingerprint density at radius 2 is 1.70 bits per heavy atom. The summed E-state index contributed by atoms with van der Waals surface area (Å²) in [5, 5.41) is 3.46. The van der Waals surface area contributed by atoms with Gasteiger partial charge in [0.15, 0.2) is 5.96 Å². The molecule has 1 aromatic rings. The average molecular weight is 486 g/mol. The predicted octanol–water partition coefficient (Wildman–Crippen LogP) is 3.98. The van der Waals surface area contributed by atoms with Crippen molar-refractivity contribution in [1.82, 2.24) is 15.1 Å². The van der Waals surface area contributed by atoms with Gasteiger partial charge in [-0.15, -0.1) is 24.0 Å². The topological polar surface area (TPSA) is 47.9 Å². The minimum absolute atomic E-state index is 0. The van der Waals surface area contributed by atoms with Gasteiger partial charge in [0.2, 0.25) is 0 Å². The normalized spacial score (nSPS) is 17.6. The van der Waals surface area contributed by atoms with E-state index in [2.05, 4.69) is 42.9 Å².